The Hall–Kier alpha value is -0.170. The lowest BCUT2D eigenvalue weighted by molar-refractivity contribution is 0.368. The fourth-order valence-electron chi connectivity index (χ4n) is 2.13. The van der Waals surface area contributed by atoms with Crippen LogP contribution in [0.5, 0.6) is 0 Å². The molecule has 0 radical (unpaired) electrons. The molecule has 1 unspecified atom stereocenters. The molecule has 0 spiro atoms. The molecule has 0 saturated heterocycles. The van der Waals surface area contributed by atoms with E-state index < -0.39 is 0 Å². The van der Waals surface area contributed by atoms with Crippen LogP contribution in [0.1, 0.15) is 32.1 Å². The summed E-state index contributed by atoms with van der Waals surface area (Å²) in [6.45, 7) is 0. The summed E-state index contributed by atoms with van der Waals surface area (Å²) in [6, 6.07) is 0. The van der Waals surface area contributed by atoms with Crippen molar-refractivity contribution in [3.05, 3.63) is 23.6 Å². The third-order valence-corrected chi connectivity index (χ3v) is 4.01. The Morgan fingerprint density at radius 1 is 1.00 bits per heavy atom. The number of rotatable bonds is 1. The monoisotopic (exact) mass is 180 g/mol. The Morgan fingerprint density at radius 2 is 1.83 bits per heavy atom. The van der Waals surface area contributed by atoms with Gasteiger partial charge in [-0.05, 0) is 24.2 Å². The summed E-state index contributed by atoms with van der Waals surface area (Å²) in [4.78, 5) is 0. The topological polar surface area (TPSA) is 0 Å². The largest absolute Gasteiger partial charge is 0.126 e. The van der Waals surface area contributed by atoms with Crippen molar-refractivity contribution in [3.8, 4) is 0 Å². The summed E-state index contributed by atoms with van der Waals surface area (Å²) in [6.07, 6.45) is 14.0. The van der Waals surface area contributed by atoms with E-state index in [1.165, 1.54) is 32.1 Å². The highest BCUT2D eigenvalue weighted by atomic mass is 32.2. The molecule has 0 aromatic heterocycles. The van der Waals surface area contributed by atoms with E-state index in [1.807, 2.05) is 11.8 Å². The molecule has 1 saturated carbocycles. The molecule has 0 amide bonds. The van der Waals surface area contributed by atoms with Crippen molar-refractivity contribution in [2.45, 2.75) is 37.4 Å². The Balaban J connectivity index is 1.90. The summed E-state index contributed by atoms with van der Waals surface area (Å²) in [5.74, 6) is 0.963. The highest BCUT2D eigenvalue weighted by Crippen LogP contribution is 2.35. The smallest absolute Gasteiger partial charge is 0.0299 e. The number of hydrogen-bond acceptors (Lipinski definition) is 1. The van der Waals surface area contributed by atoms with Gasteiger partial charge in [0, 0.05) is 5.25 Å². The molecule has 12 heavy (non-hydrogen) atoms. The summed E-state index contributed by atoms with van der Waals surface area (Å²) < 4.78 is 0. The molecule has 66 valence electrons. The maximum atomic E-state index is 2.38. The Morgan fingerprint density at radius 3 is 2.50 bits per heavy atom. The molecule has 0 nitrogen and oxygen atoms in total. The highest BCUT2D eigenvalue weighted by molar-refractivity contribution is 8.02. The van der Waals surface area contributed by atoms with Gasteiger partial charge in [0.25, 0.3) is 0 Å². The molecule has 1 atom stereocenters. The third kappa shape index (κ3) is 1.95. The maximum absolute atomic E-state index is 2.38. The van der Waals surface area contributed by atoms with Gasteiger partial charge in [0.15, 0.2) is 0 Å². The first-order valence-corrected chi connectivity index (χ1v) is 5.90. The summed E-state index contributed by atoms with van der Waals surface area (Å²) >= 11 is 2.00. The van der Waals surface area contributed by atoms with Crippen LogP contribution in [-0.2, 0) is 0 Å². The van der Waals surface area contributed by atoms with Gasteiger partial charge in [0.2, 0.25) is 0 Å². The van der Waals surface area contributed by atoms with Gasteiger partial charge in [-0.1, -0.05) is 37.5 Å². The van der Waals surface area contributed by atoms with Gasteiger partial charge >= 0.3 is 0 Å². The SMILES string of the molecule is C1=CSC(C2CCCCC2)C=C1. The minimum absolute atomic E-state index is 0.787. The molecule has 1 aliphatic heterocycles. The van der Waals surface area contributed by atoms with E-state index in [1.54, 1.807) is 0 Å². The van der Waals surface area contributed by atoms with Crippen LogP contribution >= 0.6 is 11.8 Å². The molecule has 2 aliphatic rings. The molecule has 0 aromatic rings. The second-order valence-corrected chi connectivity index (χ2v) is 4.80. The zero-order valence-corrected chi connectivity index (χ0v) is 8.22. The quantitative estimate of drug-likeness (QED) is 0.592. The zero-order valence-electron chi connectivity index (χ0n) is 7.41. The van der Waals surface area contributed by atoms with Crippen molar-refractivity contribution in [2.75, 3.05) is 0 Å². The van der Waals surface area contributed by atoms with Crippen molar-refractivity contribution in [1.29, 1.82) is 0 Å². The van der Waals surface area contributed by atoms with Crippen LogP contribution in [-0.4, -0.2) is 5.25 Å². The zero-order chi connectivity index (χ0) is 8.23. The Kier molecular flexibility index (Phi) is 2.93. The van der Waals surface area contributed by atoms with Crippen LogP contribution in [0.3, 0.4) is 0 Å². The number of thioether (sulfide) groups is 1. The summed E-state index contributed by atoms with van der Waals surface area (Å²) in [7, 11) is 0. The van der Waals surface area contributed by atoms with Gasteiger partial charge < -0.3 is 0 Å². The van der Waals surface area contributed by atoms with Crippen LogP contribution in [0, 0.1) is 5.92 Å². The van der Waals surface area contributed by atoms with E-state index in [9.17, 15) is 0 Å². The lowest BCUT2D eigenvalue weighted by Gasteiger charge is -2.27. The second kappa shape index (κ2) is 4.18. The first-order chi connectivity index (χ1) is 5.97. The lowest BCUT2D eigenvalue weighted by Crippen LogP contribution is -2.18. The predicted octanol–water partition coefficient (Wildman–Crippen LogP) is 3.75. The molecule has 0 aromatic carbocycles. The molecular formula is C11H16S. The summed E-state index contributed by atoms with van der Waals surface area (Å²) in [5.41, 5.74) is 0. The molecule has 1 aliphatic carbocycles. The van der Waals surface area contributed by atoms with E-state index in [0.29, 0.717) is 0 Å². The molecule has 1 heterocycles. The summed E-state index contributed by atoms with van der Waals surface area (Å²) in [5, 5.41) is 3.02. The minimum atomic E-state index is 0.787. The fraction of sp³-hybridized carbons (Fsp3) is 0.636. The average molecular weight is 180 g/mol. The Labute approximate surface area is 79.1 Å². The van der Waals surface area contributed by atoms with E-state index in [2.05, 4.69) is 23.6 Å². The lowest BCUT2D eigenvalue weighted by atomic mass is 9.86. The van der Waals surface area contributed by atoms with Crippen LogP contribution < -0.4 is 0 Å². The van der Waals surface area contributed by atoms with Crippen LogP contribution in [0.25, 0.3) is 0 Å². The molecule has 1 fully saturated rings. The number of hydrogen-bond donors (Lipinski definition) is 0. The maximum Gasteiger partial charge on any atom is 0.0299 e. The Bertz CT molecular complexity index is 187. The van der Waals surface area contributed by atoms with Gasteiger partial charge in [-0.25, -0.2) is 0 Å². The molecule has 2 rings (SSSR count). The fourth-order valence-corrected chi connectivity index (χ4v) is 3.17. The number of allylic oxidation sites excluding steroid dienone is 2. The van der Waals surface area contributed by atoms with Crippen LogP contribution in [0.15, 0.2) is 23.6 Å². The van der Waals surface area contributed by atoms with Crippen molar-refractivity contribution >= 4 is 11.8 Å². The van der Waals surface area contributed by atoms with E-state index in [0.717, 1.165) is 11.2 Å². The van der Waals surface area contributed by atoms with E-state index >= 15 is 0 Å². The van der Waals surface area contributed by atoms with Crippen molar-refractivity contribution in [1.82, 2.24) is 0 Å². The van der Waals surface area contributed by atoms with Crippen molar-refractivity contribution < 1.29 is 0 Å². The third-order valence-electron chi connectivity index (χ3n) is 2.84. The van der Waals surface area contributed by atoms with E-state index in [-0.39, 0.29) is 0 Å². The van der Waals surface area contributed by atoms with Gasteiger partial charge in [-0.15, -0.1) is 11.8 Å². The molecule has 0 bridgehead atoms. The first-order valence-electron chi connectivity index (χ1n) is 4.95. The van der Waals surface area contributed by atoms with Crippen LogP contribution in [0.4, 0.5) is 0 Å². The van der Waals surface area contributed by atoms with Gasteiger partial charge in [-0.2, -0.15) is 0 Å². The van der Waals surface area contributed by atoms with Gasteiger partial charge in [0.05, 0.1) is 0 Å². The highest BCUT2D eigenvalue weighted by Gasteiger charge is 2.21. The first kappa shape index (κ1) is 8.43. The van der Waals surface area contributed by atoms with E-state index in [4.69, 9.17) is 0 Å². The van der Waals surface area contributed by atoms with Crippen molar-refractivity contribution in [2.24, 2.45) is 5.92 Å². The minimum Gasteiger partial charge on any atom is -0.126 e. The molecular weight excluding hydrogens is 164 g/mol. The van der Waals surface area contributed by atoms with Crippen LogP contribution in [0.2, 0.25) is 0 Å². The normalized spacial score (nSPS) is 30.8. The standard InChI is InChI=1S/C11H16S/c1-2-6-10(7-3-1)11-8-4-5-9-12-11/h4-5,8-11H,1-3,6-7H2. The van der Waals surface area contributed by atoms with Gasteiger partial charge in [0.1, 0.15) is 0 Å². The molecule has 0 N–H and O–H groups in total. The second-order valence-electron chi connectivity index (χ2n) is 3.71. The average Bonchev–Trinajstić information content (AvgIpc) is 2.21. The predicted molar refractivity (Wildman–Crippen MR) is 56.2 cm³/mol. The molecule has 1 heteroatoms. The van der Waals surface area contributed by atoms with Crippen molar-refractivity contribution in [3.63, 3.8) is 0 Å². The van der Waals surface area contributed by atoms with Gasteiger partial charge in [-0.3, -0.25) is 0 Å².